The summed E-state index contributed by atoms with van der Waals surface area (Å²) in [4.78, 5) is 4.62. The van der Waals surface area contributed by atoms with Gasteiger partial charge < -0.3 is 5.11 Å². The van der Waals surface area contributed by atoms with Crippen molar-refractivity contribution < 1.29 is 5.11 Å². The molecule has 0 saturated heterocycles. The number of allylic oxidation sites excluding steroid dienone is 1. The third-order valence-electron chi connectivity index (χ3n) is 5.07. The minimum atomic E-state index is -0.0882. The second kappa shape index (κ2) is 8.25. The van der Waals surface area contributed by atoms with Gasteiger partial charge in [0.15, 0.2) is 0 Å². The molecule has 0 spiro atoms. The normalized spacial score (nSPS) is 20.7. The maximum absolute atomic E-state index is 9.64. The number of nitrogens with zero attached hydrogens (tertiary/aromatic N) is 1. The van der Waals surface area contributed by atoms with Gasteiger partial charge >= 0.3 is 0 Å². The highest BCUT2D eigenvalue weighted by molar-refractivity contribution is 5.59. The van der Waals surface area contributed by atoms with E-state index in [1.807, 2.05) is 12.3 Å². The summed E-state index contributed by atoms with van der Waals surface area (Å²) in [6.45, 7) is 3.76. The second-order valence-electron chi connectivity index (χ2n) is 6.86. The minimum absolute atomic E-state index is 0.0882. The van der Waals surface area contributed by atoms with E-state index in [0.717, 1.165) is 50.6 Å². The van der Waals surface area contributed by atoms with Crippen LogP contribution < -0.4 is 0 Å². The van der Waals surface area contributed by atoms with Gasteiger partial charge in [-0.05, 0) is 68.1 Å². The third-order valence-corrected chi connectivity index (χ3v) is 5.07. The Morgan fingerprint density at radius 1 is 1.04 bits per heavy atom. The Labute approximate surface area is 145 Å². The van der Waals surface area contributed by atoms with Crippen molar-refractivity contribution in [2.24, 2.45) is 0 Å². The van der Waals surface area contributed by atoms with E-state index in [1.165, 1.54) is 16.7 Å². The molecule has 2 aromatic rings. The summed E-state index contributed by atoms with van der Waals surface area (Å²) in [5.41, 5.74) is 4.89. The standard InChI is InChI=1S/C22H27NO/c1-2-3-4-5-17-6-15-22(23-16-17)20-9-7-18(8-10-20)19-11-13-21(24)14-12-19/h2,6-10,15-16,19,21,24H,1,3-5,11-14H2. The molecule has 1 aliphatic carbocycles. The van der Waals surface area contributed by atoms with E-state index in [1.54, 1.807) is 0 Å². The van der Waals surface area contributed by atoms with Crippen LogP contribution in [0.2, 0.25) is 0 Å². The number of aliphatic hydroxyl groups excluding tert-OH is 1. The molecule has 1 fully saturated rings. The SMILES string of the molecule is C=CCCCc1ccc(-c2ccc(C3CCC(O)CC3)cc2)nc1. The molecule has 0 radical (unpaired) electrons. The summed E-state index contributed by atoms with van der Waals surface area (Å²) >= 11 is 0. The Kier molecular flexibility index (Phi) is 5.81. The number of aryl methyl sites for hydroxylation is 1. The van der Waals surface area contributed by atoms with Crippen molar-refractivity contribution >= 4 is 0 Å². The summed E-state index contributed by atoms with van der Waals surface area (Å²) in [6, 6.07) is 13.1. The van der Waals surface area contributed by atoms with Crippen LogP contribution in [0.3, 0.4) is 0 Å². The van der Waals surface area contributed by atoms with Crippen LogP contribution in [-0.2, 0) is 6.42 Å². The summed E-state index contributed by atoms with van der Waals surface area (Å²) in [6.07, 6.45) is 11.2. The first kappa shape index (κ1) is 16.9. The largest absolute Gasteiger partial charge is 0.393 e. The van der Waals surface area contributed by atoms with Gasteiger partial charge in [0, 0.05) is 11.8 Å². The topological polar surface area (TPSA) is 33.1 Å². The van der Waals surface area contributed by atoms with E-state index in [4.69, 9.17) is 0 Å². The van der Waals surface area contributed by atoms with Gasteiger partial charge in [0.05, 0.1) is 11.8 Å². The fraction of sp³-hybridized carbons (Fsp3) is 0.409. The number of aromatic nitrogens is 1. The molecule has 0 amide bonds. The van der Waals surface area contributed by atoms with Gasteiger partial charge in [-0.2, -0.15) is 0 Å². The lowest BCUT2D eigenvalue weighted by Crippen LogP contribution is -2.16. The van der Waals surface area contributed by atoms with Crippen molar-refractivity contribution in [3.05, 3.63) is 66.4 Å². The molecule has 126 valence electrons. The molecule has 1 aromatic heterocycles. The zero-order chi connectivity index (χ0) is 16.8. The van der Waals surface area contributed by atoms with E-state index in [0.29, 0.717) is 5.92 Å². The lowest BCUT2D eigenvalue weighted by Gasteiger charge is -2.25. The lowest BCUT2D eigenvalue weighted by atomic mass is 9.82. The van der Waals surface area contributed by atoms with Crippen molar-refractivity contribution in [2.75, 3.05) is 0 Å². The average Bonchev–Trinajstić information content (AvgIpc) is 2.63. The first-order chi connectivity index (χ1) is 11.8. The lowest BCUT2D eigenvalue weighted by molar-refractivity contribution is 0.122. The van der Waals surface area contributed by atoms with Crippen LogP contribution in [0.1, 0.15) is 55.6 Å². The molecule has 0 aliphatic heterocycles. The van der Waals surface area contributed by atoms with Crippen molar-refractivity contribution in [3.8, 4) is 11.3 Å². The Morgan fingerprint density at radius 3 is 2.42 bits per heavy atom. The number of hydrogen-bond donors (Lipinski definition) is 1. The highest BCUT2D eigenvalue weighted by Gasteiger charge is 2.20. The quantitative estimate of drug-likeness (QED) is 0.580. The van der Waals surface area contributed by atoms with E-state index in [9.17, 15) is 5.11 Å². The van der Waals surface area contributed by atoms with Crippen LogP contribution in [0.15, 0.2) is 55.3 Å². The van der Waals surface area contributed by atoms with E-state index < -0.39 is 0 Å². The van der Waals surface area contributed by atoms with Crippen LogP contribution in [0, 0.1) is 0 Å². The van der Waals surface area contributed by atoms with Crippen LogP contribution in [-0.4, -0.2) is 16.2 Å². The highest BCUT2D eigenvalue weighted by atomic mass is 16.3. The number of benzene rings is 1. The molecule has 1 aliphatic rings. The predicted molar refractivity (Wildman–Crippen MR) is 100 cm³/mol. The minimum Gasteiger partial charge on any atom is -0.393 e. The number of rotatable bonds is 6. The van der Waals surface area contributed by atoms with E-state index >= 15 is 0 Å². The number of hydrogen-bond acceptors (Lipinski definition) is 2. The van der Waals surface area contributed by atoms with E-state index in [2.05, 4.69) is 48.0 Å². The van der Waals surface area contributed by atoms with Crippen LogP contribution in [0.5, 0.6) is 0 Å². The fourth-order valence-corrected chi connectivity index (χ4v) is 3.53. The molecule has 0 atom stereocenters. The number of pyridine rings is 1. The molecule has 1 heterocycles. The van der Waals surface area contributed by atoms with Gasteiger partial charge in [0.25, 0.3) is 0 Å². The summed E-state index contributed by atoms with van der Waals surface area (Å²) in [5.74, 6) is 0.600. The van der Waals surface area contributed by atoms with Crippen molar-refractivity contribution in [1.82, 2.24) is 4.98 Å². The molecular weight excluding hydrogens is 294 g/mol. The highest BCUT2D eigenvalue weighted by Crippen LogP contribution is 2.33. The number of unbranched alkanes of at least 4 members (excludes halogenated alkanes) is 1. The fourth-order valence-electron chi connectivity index (χ4n) is 3.53. The van der Waals surface area contributed by atoms with Crippen molar-refractivity contribution in [2.45, 2.75) is 57.0 Å². The molecule has 1 aromatic carbocycles. The smallest absolute Gasteiger partial charge is 0.0702 e. The third kappa shape index (κ3) is 4.33. The summed E-state index contributed by atoms with van der Waals surface area (Å²) in [7, 11) is 0. The van der Waals surface area contributed by atoms with E-state index in [-0.39, 0.29) is 6.10 Å². The molecule has 1 N–H and O–H groups in total. The Balaban J connectivity index is 1.63. The Hall–Kier alpha value is -1.93. The van der Waals surface area contributed by atoms with Gasteiger partial charge in [0.1, 0.15) is 0 Å². The molecule has 0 unspecified atom stereocenters. The summed E-state index contributed by atoms with van der Waals surface area (Å²) < 4.78 is 0. The molecule has 3 rings (SSSR count). The van der Waals surface area contributed by atoms with Gasteiger partial charge in [0.2, 0.25) is 0 Å². The molecule has 0 bridgehead atoms. The van der Waals surface area contributed by atoms with Gasteiger partial charge in [-0.15, -0.1) is 6.58 Å². The van der Waals surface area contributed by atoms with Gasteiger partial charge in [-0.1, -0.05) is 36.4 Å². The Bertz CT molecular complexity index is 637. The monoisotopic (exact) mass is 321 g/mol. The van der Waals surface area contributed by atoms with Gasteiger partial charge in [-0.25, -0.2) is 0 Å². The zero-order valence-electron chi connectivity index (χ0n) is 14.3. The maximum atomic E-state index is 9.64. The second-order valence-corrected chi connectivity index (χ2v) is 6.86. The molecule has 1 saturated carbocycles. The Morgan fingerprint density at radius 2 is 1.79 bits per heavy atom. The first-order valence-corrected chi connectivity index (χ1v) is 9.10. The maximum Gasteiger partial charge on any atom is 0.0702 e. The van der Waals surface area contributed by atoms with Gasteiger partial charge in [-0.3, -0.25) is 4.98 Å². The summed E-state index contributed by atoms with van der Waals surface area (Å²) in [5, 5.41) is 9.64. The zero-order valence-corrected chi connectivity index (χ0v) is 14.3. The molecule has 24 heavy (non-hydrogen) atoms. The van der Waals surface area contributed by atoms with Crippen LogP contribution in [0.4, 0.5) is 0 Å². The molecule has 2 nitrogen and oxygen atoms in total. The average molecular weight is 321 g/mol. The van der Waals surface area contributed by atoms with Crippen LogP contribution >= 0.6 is 0 Å². The molecular formula is C22H27NO. The van der Waals surface area contributed by atoms with Crippen molar-refractivity contribution in [3.63, 3.8) is 0 Å². The molecule has 2 heteroatoms. The van der Waals surface area contributed by atoms with Crippen molar-refractivity contribution in [1.29, 1.82) is 0 Å². The van der Waals surface area contributed by atoms with Crippen LogP contribution in [0.25, 0.3) is 11.3 Å². The number of aliphatic hydroxyl groups is 1. The first-order valence-electron chi connectivity index (χ1n) is 9.10. The predicted octanol–water partition coefficient (Wildman–Crippen LogP) is 5.28.